The van der Waals surface area contributed by atoms with Gasteiger partial charge >= 0.3 is 0 Å². The monoisotopic (exact) mass is 184 g/mol. The van der Waals surface area contributed by atoms with Gasteiger partial charge in [0.2, 0.25) is 5.91 Å². The first-order valence-electron chi connectivity index (χ1n) is 5.16. The van der Waals surface area contributed by atoms with Gasteiger partial charge in [-0.2, -0.15) is 0 Å². The van der Waals surface area contributed by atoms with Gasteiger partial charge in [0.25, 0.3) is 0 Å². The smallest absolute Gasteiger partial charge is 0.220 e. The van der Waals surface area contributed by atoms with Crippen molar-refractivity contribution in [3.8, 4) is 0 Å². The van der Waals surface area contributed by atoms with Crippen LogP contribution in [0.3, 0.4) is 0 Å². The van der Waals surface area contributed by atoms with Crippen molar-refractivity contribution in [1.82, 2.24) is 10.2 Å². The molecule has 3 nitrogen and oxygen atoms in total. The van der Waals surface area contributed by atoms with E-state index in [1.54, 1.807) is 0 Å². The molecule has 2 fully saturated rings. The molecule has 76 valence electrons. The first-order chi connectivity index (χ1) is 6.20. The predicted octanol–water partition coefficient (Wildman–Crippen LogP) is 0.854. The van der Waals surface area contributed by atoms with Crippen LogP contribution in [0, 0.1) is 5.41 Å². The number of amides is 1. The number of carbonyl (C=O) groups is 1. The quantitative estimate of drug-likeness (QED) is 0.605. The van der Waals surface area contributed by atoms with Crippen molar-refractivity contribution in [3.63, 3.8) is 0 Å². The maximum Gasteiger partial charge on any atom is 0.220 e. The summed E-state index contributed by atoms with van der Waals surface area (Å²) in [6, 6.07) is 0. The van der Waals surface area contributed by atoms with E-state index in [0.29, 0.717) is 5.41 Å². The molecule has 2 aliphatic rings. The second kappa shape index (κ2) is 4.09. The SMILES string of the molecule is CC.CN1CCC2(CNC(=O)C2)C1. The Balaban J connectivity index is 0.000000396. The molecule has 0 aliphatic carbocycles. The predicted molar refractivity (Wildman–Crippen MR) is 53.5 cm³/mol. The summed E-state index contributed by atoms with van der Waals surface area (Å²) in [5.41, 5.74) is 0.297. The van der Waals surface area contributed by atoms with Crippen molar-refractivity contribution in [2.45, 2.75) is 26.7 Å². The molecule has 2 rings (SSSR count). The summed E-state index contributed by atoms with van der Waals surface area (Å²) in [7, 11) is 2.12. The second-order valence-corrected chi connectivity index (χ2v) is 3.94. The van der Waals surface area contributed by atoms with Gasteiger partial charge in [0.15, 0.2) is 0 Å². The fourth-order valence-electron chi connectivity index (χ4n) is 2.20. The number of rotatable bonds is 0. The molecule has 0 aromatic rings. The minimum absolute atomic E-state index is 0.236. The summed E-state index contributed by atoms with van der Waals surface area (Å²) in [6.07, 6.45) is 1.93. The lowest BCUT2D eigenvalue weighted by atomic mass is 9.86. The highest BCUT2D eigenvalue weighted by molar-refractivity contribution is 5.79. The largest absolute Gasteiger partial charge is 0.355 e. The Kier molecular flexibility index (Phi) is 3.31. The van der Waals surface area contributed by atoms with E-state index in [4.69, 9.17) is 0 Å². The fourth-order valence-corrected chi connectivity index (χ4v) is 2.20. The molecule has 1 spiro atoms. The fraction of sp³-hybridized carbons (Fsp3) is 0.900. The van der Waals surface area contributed by atoms with Crippen molar-refractivity contribution in [2.75, 3.05) is 26.7 Å². The second-order valence-electron chi connectivity index (χ2n) is 3.94. The Bertz CT molecular complexity index is 193. The number of hydrogen-bond acceptors (Lipinski definition) is 2. The van der Waals surface area contributed by atoms with Crippen LogP contribution in [0.15, 0.2) is 0 Å². The lowest BCUT2D eigenvalue weighted by molar-refractivity contribution is -0.119. The Hall–Kier alpha value is -0.570. The summed E-state index contributed by atoms with van der Waals surface area (Å²) < 4.78 is 0. The molecule has 2 heterocycles. The van der Waals surface area contributed by atoms with Gasteiger partial charge in [-0.15, -0.1) is 0 Å². The molecular weight excluding hydrogens is 164 g/mol. The minimum atomic E-state index is 0.236. The third-order valence-electron chi connectivity index (χ3n) is 2.83. The third kappa shape index (κ3) is 2.21. The maximum atomic E-state index is 11.0. The van der Waals surface area contributed by atoms with Crippen molar-refractivity contribution < 1.29 is 4.79 Å². The van der Waals surface area contributed by atoms with Gasteiger partial charge in [0.1, 0.15) is 0 Å². The van der Waals surface area contributed by atoms with Crippen LogP contribution in [0.5, 0.6) is 0 Å². The average molecular weight is 184 g/mol. The van der Waals surface area contributed by atoms with Crippen molar-refractivity contribution in [1.29, 1.82) is 0 Å². The number of nitrogens with zero attached hydrogens (tertiary/aromatic N) is 1. The van der Waals surface area contributed by atoms with Gasteiger partial charge in [-0.25, -0.2) is 0 Å². The van der Waals surface area contributed by atoms with E-state index in [9.17, 15) is 4.79 Å². The van der Waals surface area contributed by atoms with Crippen molar-refractivity contribution >= 4 is 5.91 Å². The highest BCUT2D eigenvalue weighted by Gasteiger charge is 2.42. The van der Waals surface area contributed by atoms with E-state index in [1.807, 2.05) is 13.8 Å². The number of nitrogens with one attached hydrogen (secondary N) is 1. The highest BCUT2D eigenvalue weighted by Crippen LogP contribution is 2.35. The molecule has 0 aromatic carbocycles. The molecule has 2 aliphatic heterocycles. The van der Waals surface area contributed by atoms with Gasteiger partial charge in [-0.05, 0) is 20.0 Å². The van der Waals surface area contributed by atoms with Crippen molar-refractivity contribution in [3.05, 3.63) is 0 Å². The normalized spacial score (nSPS) is 33.0. The molecule has 0 radical (unpaired) electrons. The van der Waals surface area contributed by atoms with Crippen LogP contribution in [0.2, 0.25) is 0 Å². The van der Waals surface area contributed by atoms with Crippen LogP contribution < -0.4 is 5.32 Å². The van der Waals surface area contributed by atoms with E-state index in [1.165, 1.54) is 6.42 Å². The zero-order valence-electron chi connectivity index (χ0n) is 8.89. The van der Waals surface area contributed by atoms with E-state index in [2.05, 4.69) is 17.3 Å². The lowest BCUT2D eigenvalue weighted by Gasteiger charge is -2.19. The molecule has 0 bridgehead atoms. The molecule has 1 unspecified atom stereocenters. The third-order valence-corrected chi connectivity index (χ3v) is 2.83. The Morgan fingerprint density at radius 3 is 2.54 bits per heavy atom. The highest BCUT2D eigenvalue weighted by atomic mass is 16.1. The van der Waals surface area contributed by atoms with Gasteiger partial charge in [0, 0.05) is 24.9 Å². The standard InChI is InChI=1S/C8H14N2O.C2H6/c1-10-3-2-8(6-10)4-7(11)9-5-8;1-2/h2-6H2,1H3,(H,9,11);1-2H3. The molecule has 0 saturated carbocycles. The minimum Gasteiger partial charge on any atom is -0.355 e. The zero-order chi connectivity index (χ0) is 9.90. The van der Waals surface area contributed by atoms with Crippen LogP contribution >= 0.6 is 0 Å². The van der Waals surface area contributed by atoms with Crippen LogP contribution in [0.4, 0.5) is 0 Å². The molecule has 1 N–H and O–H groups in total. The first-order valence-corrected chi connectivity index (χ1v) is 5.16. The van der Waals surface area contributed by atoms with Gasteiger partial charge in [-0.1, -0.05) is 13.8 Å². The number of carbonyl (C=O) groups excluding carboxylic acids is 1. The first kappa shape index (κ1) is 10.5. The molecule has 1 amide bonds. The molecular formula is C10H20N2O. The van der Waals surface area contributed by atoms with E-state index < -0.39 is 0 Å². The molecule has 2 saturated heterocycles. The average Bonchev–Trinajstić information content (AvgIpc) is 2.65. The molecule has 1 atom stereocenters. The van der Waals surface area contributed by atoms with Crippen LogP contribution in [-0.2, 0) is 4.79 Å². The van der Waals surface area contributed by atoms with E-state index in [0.717, 1.165) is 26.1 Å². The van der Waals surface area contributed by atoms with Crippen molar-refractivity contribution in [2.24, 2.45) is 5.41 Å². The van der Waals surface area contributed by atoms with Crippen LogP contribution in [0.25, 0.3) is 0 Å². The lowest BCUT2D eigenvalue weighted by Crippen LogP contribution is -2.27. The van der Waals surface area contributed by atoms with Gasteiger partial charge in [-0.3, -0.25) is 4.79 Å². The number of likely N-dealkylation sites (tertiary alicyclic amines) is 1. The maximum absolute atomic E-state index is 11.0. The summed E-state index contributed by atoms with van der Waals surface area (Å²) in [5, 5.41) is 2.91. The Morgan fingerprint density at radius 1 is 1.46 bits per heavy atom. The van der Waals surface area contributed by atoms with Crippen LogP contribution in [-0.4, -0.2) is 37.5 Å². The van der Waals surface area contributed by atoms with E-state index >= 15 is 0 Å². The van der Waals surface area contributed by atoms with E-state index in [-0.39, 0.29) is 5.91 Å². The summed E-state index contributed by atoms with van der Waals surface area (Å²) in [4.78, 5) is 13.3. The summed E-state index contributed by atoms with van der Waals surface area (Å²) in [5.74, 6) is 0.236. The van der Waals surface area contributed by atoms with Gasteiger partial charge in [0.05, 0.1) is 0 Å². The summed E-state index contributed by atoms with van der Waals surface area (Å²) >= 11 is 0. The van der Waals surface area contributed by atoms with Crippen LogP contribution in [0.1, 0.15) is 26.7 Å². The Morgan fingerprint density at radius 2 is 2.15 bits per heavy atom. The molecule has 3 heteroatoms. The number of hydrogen-bond donors (Lipinski definition) is 1. The zero-order valence-corrected chi connectivity index (χ0v) is 8.89. The molecule has 13 heavy (non-hydrogen) atoms. The Labute approximate surface area is 80.5 Å². The van der Waals surface area contributed by atoms with Gasteiger partial charge < -0.3 is 10.2 Å². The molecule has 0 aromatic heterocycles. The summed E-state index contributed by atoms with van der Waals surface area (Å²) in [6.45, 7) is 7.14. The topological polar surface area (TPSA) is 32.3 Å².